The van der Waals surface area contributed by atoms with E-state index in [1.165, 1.54) is 23.1 Å². The summed E-state index contributed by atoms with van der Waals surface area (Å²) < 4.78 is 42.0. The molecule has 0 amide bonds. The molecular weight excluding hydrogens is 333 g/mol. The van der Waals surface area contributed by atoms with Crippen LogP contribution in [0.25, 0.3) is 0 Å². The fourth-order valence-corrected chi connectivity index (χ4v) is 3.18. The Morgan fingerprint density at radius 3 is 2.79 bits per heavy atom. The van der Waals surface area contributed by atoms with E-state index < -0.39 is 20.7 Å². The van der Waals surface area contributed by atoms with Crippen LogP contribution in [0.1, 0.15) is 11.3 Å². The van der Waals surface area contributed by atoms with E-state index in [2.05, 4.69) is 19.8 Å². The van der Waals surface area contributed by atoms with Gasteiger partial charge >= 0.3 is 0 Å². The summed E-state index contributed by atoms with van der Waals surface area (Å²) >= 11 is 0. The largest absolute Gasteiger partial charge is 0.267 e. The highest BCUT2D eigenvalue weighted by Crippen LogP contribution is 2.18. The van der Waals surface area contributed by atoms with E-state index >= 15 is 0 Å². The summed E-state index contributed by atoms with van der Waals surface area (Å²) in [6.45, 7) is 2.02. The van der Waals surface area contributed by atoms with Gasteiger partial charge in [-0.1, -0.05) is 12.1 Å². The average molecular weight is 347 g/mol. The Labute approximate surface area is 138 Å². The molecule has 1 N–H and O–H groups in total. The van der Waals surface area contributed by atoms with Crippen molar-refractivity contribution in [2.75, 3.05) is 4.72 Å². The summed E-state index contributed by atoms with van der Waals surface area (Å²) in [5.74, 6) is -0.965. The molecule has 0 aliphatic rings. The van der Waals surface area contributed by atoms with Crippen molar-refractivity contribution in [3.05, 3.63) is 66.0 Å². The molecule has 1 aromatic carbocycles. The molecule has 3 rings (SSSR count). The zero-order chi connectivity index (χ0) is 17.2. The zero-order valence-corrected chi connectivity index (χ0v) is 13.5. The van der Waals surface area contributed by atoms with E-state index in [9.17, 15) is 12.8 Å². The van der Waals surface area contributed by atoms with Crippen LogP contribution in [0.5, 0.6) is 0 Å². The number of aromatic nitrogens is 4. The number of benzene rings is 1. The molecule has 124 valence electrons. The van der Waals surface area contributed by atoms with Crippen LogP contribution < -0.4 is 4.72 Å². The molecule has 24 heavy (non-hydrogen) atoms. The van der Waals surface area contributed by atoms with Crippen LogP contribution in [-0.4, -0.2) is 28.2 Å². The second-order valence-electron chi connectivity index (χ2n) is 5.13. The summed E-state index contributed by atoms with van der Waals surface area (Å²) in [5, 5.41) is 4.02. The highest BCUT2D eigenvalue weighted by molar-refractivity contribution is 7.92. The van der Waals surface area contributed by atoms with Gasteiger partial charge in [0.25, 0.3) is 16.0 Å². The second-order valence-corrected chi connectivity index (χ2v) is 6.78. The van der Waals surface area contributed by atoms with Gasteiger partial charge in [0.2, 0.25) is 0 Å². The first-order valence-electron chi connectivity index (χ1n) is 7.02. The number of pyridine rings is 1. The van der Waals surface area contributed by atoms with Crippen LogP contribution in [0.2, 0.25) is 0 Å². The van der Waals surface area contributed by atoms with E-state index in [0.717, 1.165) is 11.8 Å². The third kappa shape index (κ3) is 3.57. The lowest BCUT2D eigenvalue weighted by molar-refractivity contribution is 0.569. The number of sulfonamides is 1. The van der Waals surface area contributed by atoms with Gasteiger partial charge in [-0.05, 0) is 36.8 Å². The first-order chi connectivity index (χ1) is 11.4. The molecule has 0 saturated carbocycles. The predicted molar refractivity (Wildman–Crippen MR) is 85.3 cm³/mol. The average Bonchev–Trinajstić information content (AvgIpc) is 2.97. The molecule has 0 spiro atoms. The van der Waals surface area contributed by atoms with Crippen molar-refractivity contribution in [2.45, 2.75) is 18.4 Å². The number of nitrogens with zero attached hydrogens (tertiary/aromatic N) is 4. The molecule has 7 nitrogen and oxygen atoms in total. The normalized spacial score (nSPS) is 11.4. The van der Waals surface area contributed by atoms with Crippen molar-refractivity contribution in [1.29, 1.82) is 0 Å². The molecule has 0 radical (unpaired) electrons. The quantitative estimate of drug-likeness (QED) is 0.762. The van der Waals surface area contributed by atoms with Gasteiger partial charge in [-0.2, -0.15) is 4.98 Å². The van der Waals surface area contributed by atoms with Crippen molar-refractivity contribution in [1.82, 2.24) is 19.7 Å². The van der Waals surface area contributed by atoms with Gasteiger partial charge in [-0.3, -0.25) is 4.98 Å². The number of hydrogen-bond donors (Lipinski definition) is 1. The summed E-state index contributed by atoms with van der Waals surface area (Å²) in [7, 11) is -4.10. The molecule has 0 aliphatic carbocycles. The van der Waals surface area contributed by atoms with Gasteiger partial charge < -0.3 is 0 Å². The van der Waals surface area contributed by atoms with Crippen molar-refractivity contribution >= 4 is 16.0 Å². The molecule has 0 unspecified atom stereocenters. The summed E-state index contributed by atoms with van der Waals surface area (Å²) in [4.78, 5) is 7.60. The molecule has 0 bridgehead atoms. The minimum atomic E-state index is -4.10. The maximum absolute atomic E-state index is 13.8. The first-order valence-corrected chi connectivity index (χ1v) is 8.51. The summed E-state index contributed by atoms with van der Waals surface area (Å²) in [6, 6.07) is 9.30. The summed E-state index contributed by atoms with van der Waals surface area (Å²) in [6.07, 6.45) is 3.02. The van der Waals surface area contributed by atoms with Crippen LogP contribution in [-0.2, 0) is 16.6 Å². The van der Waals surface area contributed by atoms with Crippen molar-refractivity contribution < 1.29 is 12.8 Å². The Bertz CT molecular complexity index is 957. The minimum absolute atomic E-state index is 0.133. The molecule has 3 aromatic rings. The van der Waals surface area contributed by atoms with Crippen LogP contribution >= 0.6 is 0 Å². The fraction of sp³-hybridized carbons (Fsp3) is 0.133. The molecular formula is C15H14FN5O2S. The topological polar surface area (TPSA) is 89.8 Å². The Kier molecular flexibility index (Phi) is 4.26. The molecule has 2 heterocycles. The van der Waals surface area contributed by atoms with E-state index in [1.807, 2.05) is 12.1 Å². The van der Waals surface area contributed by atoms with Gasteiger partial charge in [0, 0.05) is 6.20 Å². The maximum atomic E-state index is 13.8. The van der Waals surface area contributed by atoms with Gasteiger partial charge in [0.1, 0.15) is 17.0 Å². The Balaban J connectivity index is 1.80. The third-order valence-corrected chi connectivity index (χ3v) is 4.53. The maximum Gasteiger partial charge on any atom is 0.267 e. The third-order valence-electron chi connectivity index (χ3n) is 3.19. The SMILES string of the molecule is Cc1ccc(F)c(S(=O)(=O)Nc2ncn(Cc3ccccn3)n2)c1. The Morgan fingerprint density at radius 1 is 1.21 bits per heavy atom. The number of halogens is 1. The van der Waals surface area contributed by atoms with Gasteiger partial charge in [0.05, 0.1) is 12.2 Å². The molecule has 0 fully saturated rings. The Hall–Kier alpha value is -2.81. The van der Waals surface area contributed by atoms with Crippen LogP contribution in [0, 0.1) is 12.7 Å². The van der Waals surface area contributed by atoms with E-state index in [-0.39, 0.29) is 5.95 Å². The number of hydrogen-bond acceptors (Lipinski definition) is 5. The molecule has 2 aromatic heterocycles. The van der Waals surface area contributed by atoms with E-state index in [0.29, 0.717) is 12.1 Å². The number of aryl methyl sites for hydroxylation is 1. The molecule has 0 aliphatic heterocycles. The van der Waals surface area contributed by atoms with Crippen molar-refractivity contribution in [3.8, 4) is 0 Å². The lowest BCUT2D eigenvalue weighted by atomic mass is 10.2. The molecule has 0 atom stereocenters. The molecule has 0 saturated heterocycles. The predicted octanol–water partition coefficient (Wildman–Crippen LogP) is 1.97. The Morgan fingerprint density at radius 2 is 2.04 bits per heavy atom. The first kappa shape index (κ1) is 16.1. The van der Waals surface area contributed by atoms with Gasteiger partial charge in [-0.15, -0.1) is 5.10 Å². The van der Waals surface area contributed by atoms with Crippen LogP contribution in [0.4, 0.5) is 10.3 Å². The van der Waals surface area contributed by atoms with E-state index in [4.69, 9.17) is 0 Å². The molecule has 9 heteroatoms. The van der Waals surface area contributed by atoms with Gasteiger partial charge in [-0.25, -0.2) is 22.2 Å². The van der Waals surface area contributed by atoms with Crippen molar-refractivity contribution in [2.24, 2.45) is 0 Å². The van der Waals surface area contributed by atoms with Crippen molar-refractivity contribution in [3.63, 3.8) is 0 Å². The van der Waals surface area contributed by atoms with Gasteiger partial charge in [0.15, 0.2) is 0 Å². The van der Waals surface area contributed by atoms with E-state index in [1.54, 1.807) is 19.2 Å². The second kappa shape index (κ2) is 6.36. The number of rotatable bonds is 5. The highest BCUT2D eigenvalue weighted by Gasteiger charge is 2.21. The minimum Gasteiger partial charge on any atom is -0.259 e. The lowest BCUT2D eigenvalue weighted by Gasteiger charge is -2.06. The number of nitrogens with one attached hydrogen (secondary N) is 1. The summed E-state index contributed by atoms with van der Waals surface area (Å²) in [5.41, 5.74) is 1.38. The smallest absolute Gasteiger partial charge is 0.259 e. The van der Waals surface area contributed by atoms with Crippen LogP contribution in [0.3, 0.4) is 0 Å². The highest BCUT2D eigenvalue weighted by atomic mass is 32.2. The number of anilines is 1. The lowest BCUT2D eigenvalue weighted by Crippen LogP contribution is -2.16. The monoisotopic (exact) mass is 347 g/mol. The zero-order valence-electron chi connectivity index (χ0n) is 12.7. The standard InChI is InChI=1S/C15H14FN5O2S/c1-11-5-6-13(16)14(8-11)24(22,23)20-15-18-10-21(19-15)9-12-4-2-3-7-17-12/h2-8,10H,9H2,1H3,(H,19,20). The fourth-order valence-electron chi connectivity index (χ4n) is 2.07. The van der Waals surface area contributed by atoms with Crippen LogP contribution in [0.15, 0.2) is 53.8 Å².